The van der Waals surface area contributed by atoms with Gasteiger partial charge in [-0.25, -0.2) is 23.1 Å². The van der Waals surface area contributed by atoms with Crippen molar-refractivity contribution in [3.63, 3.8) is 0 Å². The molecule has 0 aromatic carbocycles. The van der Waals surface area contributed by atoms with Gasteiger partial charge < -0.3 is 10.2 Å². The molecule has 1 saturated heterocycles. The van der Waals surface area contributed by atoms with Gasteiger partial charge in [0.05, 0.1) is 47.5 Å². The number of alkyl halides is 2. The zero-order chi connectivity index (χ0) is 23.8. The second kappa shape index (κ2) is 8.97. The number of amides is 1. The van der Waals surface area contributed by atoms with Crippen LogP contribution in [0.5, 0.6) is 0 Å². The second-order valence-electron chi connectivity index (χ2n) is 8.07. The SMILES string of the molecule is C[C@@H]1CC(F)(F)CN(C(=O)c2nn(C)cc2-c2ccc(F)cn2)C1CNc1ncc(Cl)cn1. The van der Waals surface area contributed by atoms with Crippen molar-refractivity contribution in [3.8, 4) is 11.3 Å². The van der Waals surface area contributed by atoms with Crippen molar-refractivity contribution in [2.45, 2.75) is 25.3 Å². The summed E-state index contributed by atoms with van der Waals surface area (Å²) < 4.78 is 43.7. The highest BCUT2D eigenvalue weighted by Gasteiger charge is 2.46. The number of hydrogen-bond acceptors (Lipinski definition) is 6. The number of pyridine rings is 1. The Morgan fingerprint density at radius 3 is 2.64 bits per heavy atom. The third-order valence-corrected chi connectivity index (χ3v) is 5.66. The summed E-state index contributed by atoms with van der Waals surface area (Å²) in [7, 11) is 1.61. The van der Waals surface area contributed by atoms with Gasteiger partial charge in [-0.05, 0) is 18.1 Å². The molecule has 3 aromatic heterocycles. The molecule has 1 amide bonds. The van der Waals surface area contributed by atoms with Crippen molar-refractivity contribution < 1.29 is 18.0 Å². The number of aryl methyl sites for hydroxylation is 1. The van der Waals surface area contributed by atoms with E-state index in [-0.39, 0.29) is 24.6 Å². The molecule has 1 unspecified atom stereocenters. The molecule has 4 heterocycles. The van der Waals surface area contributed by atoms with Crippen molar-refractivity contribution in [1.29, 1.82) is 0 Å². The number of aromatic nitrogens is 5. The van der Waals surface area contributed by atoms with E-state index in [1.807, 2.05) is 0 Å². The number of piperidine rings is 1. The van der Waals surface area contributed by atoms with Crippen LogP contribution in [0.4, 0.5) is 19.1 Å². The van der Waals surface area contributed by atoms with E-state index in [0.717, 1.165) is 11.1 Å². The summed E-state index contributed by atoms with van der Waals surface area (Å²) in [5.74, 6) is -4.49. The van der Waals surface area contributed by atoms with Crippen LogP contribution in [-0.4, -0.2) is 60.6 Å². The highest BCUT2D eigenvalue weighted by molar-refractivity contribution is 6.30. The van der Waals surface area contributed by atoms with Crippen LogP contribution in [0.1, 0.15) is 23.8 Å². The van der Waals surface area contributed by atoms with Gasteiger partial charge in [0.1, 0.15) is 5.82 Å². The van der Waals surface area contributed by atoms with Crippen LogP contribution in [-0.2, 0) is 7.05 Å². The van der Waals surface area contributed by atoms with Crippen molar-refractivity contribution >= 4 is 23.5 Å². The molecule has 33 heavy (non-hydrogen) atoms. The number of nitrogens with zero attached hydrogens (tertiary/aromatic N) is 6. The number of carbonyl (C=O) groups is 1. The van der Waals surface area contributed by atoms with E-state index < -0.39 is 36.2 Å². The number of anilines is 1. The van der Waals surface area contributed by atoms with Crippen LogP contribution in [0.3, 0.4) is 0 Å². The van der Waals surface area contributed by atoms with Crippen LogP contribution in [0.25, 0.3) is 11.3 Å². The van der Waals surface area contributed by atoms with Crippen LogP contribution in [0, 0.1) is 11.7 Å². The Hall–Kier alpha value is -3.21. The standard InChI is InChI=1S/C21H21ClF3N7O/c1-12-5-21(24,25)11-32(17(12)9-29-20-27-6-13(22)7-28-20)19(33)18-15(10-31(2)30-18)16-4-3-14(23)8-26-16/h3-4,6-8,10,12,17H,5,9,11H2,1-2H3,(H,27,28,29)/t12-,17?/m1/s1. The summed E-state index contributed by atoms with van der Waals surface area (Å²) in [6, 6.07) is 2.04. The molecule has 1 aliphatic rings. The van der Waals surface area contributed by atoms with Crippen LogP contribution in [0.15, 0.2) is 36.9 Å². The summed E-state index contributed by atoms with van der Waals surface area (Å²) in [5.41, 5.74) is 0.611. The maximum absolute atomic E-state index is 14.5. The molecule has 1 aliphatic heterocycles. The fraction of sp³-hybridized carbons (Fsp3) is 0.381. The van der Waals surface area contributed by atoms with Gasteiger partial charge in [-0.3, -0.25) is 14.5 Å². The number of hydrogen-bond donors (Lipinski definition) is 1. The van der Waals surface area contributed by atoms with Crippen molar-refractivity contribution in [3.05, 3.63) is 53.5 Å². The molecule has 4 rings (SSSR count). The third kappa shape index (κ3) is 5.08. The summed E-state index contributed by atoms with van der Waals surface area (Å²) in [5, 5.41) is 7.56. The molecule has 0 bridgehead atoms. The maximum atomic E-state index is 14.5. The molecule has 0 saturated carbocycles. The molecule has 0 spiro atoms. The van der Waals surface area contributed by atoms with Crippen LogP contribution >= 0.6 is 11.6 Å². The van der Waals surface area contributed by atoms with Gasteiger partial charge in [0.2, 0.25) is 5.95 Å². The monoisotopic (exact) mass is 479 g/mol. The second-order valence-corrected chi connectivity index (χ2v) is 8.51. The van der Waals surface area contributed by atoms with Gasteiger partial charge in [-0.2, -0.15) is 5.10 Å². The highest BCUT2D eigenvalue weighted by Crippen LogP contribution is 2.36. The Bertz CT molecular complexity index is 1140. The largest absolute Gasteiger partial charge is 0.352 e. The first kappa shape index (κ1) is 23.0. The number of carbonyl (C=O) groups excluding carboxylic acids is 1. The molecule has 3 aromatic rings. The number of rotatable bonds is 5. The fourth-order valence-electron chi connectivity index (χ4n) is 3.98. The van der Waals surface area contributed by atoms with E-state index in [2.05, 4.69) is 25.4 Å². The molecule has 0 aliphatic carbocycles. The minimum Gasteiger partial charge on any atom is -0.352 e. The van der Waals surface area contributed by atoms with Crippen molar-refractivity contribution in [2.24, 2.45) is 13.0 Å². The zero-order valence-electron chi connectivity index (χ0n) is 17.8. The van der Waals surface area contributed by atoms with Gasteiger partial charge in [0.15, 0.2) is 5.69 Å². The van der Waals surface area contributed by atoms with Crippen LogP contribution in [0.2, 0.25) is 5.02 Å². The van der Waals surface area contributed by atoms with Crippen molar-refractivity contribution in [1.82, 2.24) is 29.6 Å². The summed E-state index contributed by atoms with van der Waals surface area (Å²) in [4.78, 5) is 26.7. The number of halogens is 4. The lowest BCUT2D eigenvalue weighted by Crippen LogP contribution is -2.57. The van der Waals surface area contributed by atoms with Gasteiger partial charge in [0, 0.05) is 26.2 Å². The Morgan fingerprint density at radius 2 is 1.97 bits per heavy atom. The zero-order valence-corrected chi connectivity index (χ0v) is 18.6. The molecule has 174 valence electrons. The quantitative estimate of drug-likeness (QED) is 0.600. The third-order valence-electron chi connectivity index (χ3n) is 5.46. The minimum atomic E-state index is -3.05. The van der Waals surface area contributed by atoms with E-state index in [4.69, 9.17) is 11.6 Å². The first-order chi connectivity index (χ1) is 15.6. The molecule has 1 fully saturated rings. The van der Waals surface area contributed by atoms with Gasteiger partial charge in [0.25, 0.3) is 11.8 Å². The molecule has 2 atom stereocenters. The van der Waals surface area contributed by atoms with Gasteiger partial charge >= 0.3 is 0 Å². The van der Waals surface area contributed by atoms with E-state index >= 15 is 0 Å². The predicted molar refractivity (Wildman–Crippen MR) is 115 cm³/mol. The fourth-order valence-corrected chi connectivity index (χ4v) is 4.08. The molecule has 8 nitrogen and oxygen atoms in total. The summed E-state index contributed by atoms with van der Waals surface area (Å²) >= 11 is 5.80. The summed E-state index contributed by atoms with van der Waals surface area (Å²) in [6.45, 7) is 1.07. The van der Waals surface area contributed by atoms with Crippen molar-refractivity contribution in [2.75, 3.05) is 18.4 Å². The van der Waals surface area contributed by atoms with E-state index in [0.29, 0.717) is 16.3 Å². The van der Waals surface area contributed by atoms with E-state index in [9.17, 15) is 18.0 Å². The normalized spacial score (nSPS) is 20.0. The smallest absolute Gasteiger partial charge is 0.275 e. The Kier molecular flexibility index (Phi) is 6.24. The lowest BCUT2D eigenvalue weighted by atomic mass is 9.88. The number of nitrogens with one attached hydrogen (secondary N) is 1. The lowest BCUT2D eigenvalue weighted by Gasteiger charge is -2.43. The average Bonchev–Trinajstić information content (AvgIpc) is 3.15. The molecule has 0 radical (unpaired) electrons. The van der Waals surface area contributed by atoms with E-state index in [1.165, 1.54) is 29.2 Å². The molecule has 1 N–H and O–H groups in total. The highest BCUT2D eigenvalue weighted by atomic mass is 35.5. The first-order valence-corrected chi connectivity index (χ1v) is 10.6. The first-order valence-electron chi connectivity index (χ1n) is 10.2. The van der Waals surface area contributed by atoms with Crippen LogP contribution < -0.4 is 5.32 Å². The average molecular weight is 480 g/mol. The van der Waals surface area contributed by atoms with Gasteiger partial charge in [-0.15, -0.1) is 0 Å². The number of likely N-dealkylation sites (tertiary alicyclic amines) is 1. The topological polar surface area (TPSA) is 88.8 Å². The van der Waals surface area contributed by atoms with E-state index in [1.54, 1.807) is 20.2 Å². The summed E-state index contributed by atoms with van der Waals surface area (Å²) in [6.07, 6.45) is 5.03. The predicted octanol–water partition coefficient (Wildman–Crippen LogP) is 3.66. The minimum absolute atomic E-state index is 0.0331. The Labute approximate surface area is 192 Å². The molecular formula is C21H21ClF3N7O. The Balaban J connectivity index is 1.64. The maximum Gasteiger partial charge on any atom is 0.275 e. The lowest BCUT2D eigenvalue weighted by molar-refractivity contribution is -0.0898. The molecular weight excluding hydrogens is 459 g/mol. The van der Waals surface area contributed by atoms with Gasteiger partial charge in [-0.1, -0.05) is 18.5 Å². The molecule has 12 heteroatoms. The Morgan fingerprint density at radius 1 is 1.24 bits per heavy atom.